The Morgan fingerprint density at radius 3 is 2.08 bits per heavy atom. The molecule has 0 aliphatic carbocycles. The summed E-state index contributed by atoms with van der Waals surface area (Å²) in [6.45, 7) is 6.00. The second-order valence-corrected chi connectivity index (χ2v) is 4.56. The lowest BCUT2D eigenvalue weighted by molar-refractivity contribution is -0.137. The molecule has 80 valence electrons. The van der Waals surface area contributed by atoms with Crippen molar-refractivity contribution >= 4 is 12.4 Å². The Balaban J connectivity index is 0.00000144. The molecule has 1 heterocycles. The van der Waals surface area contributed by atoms with Gasteiger partial charge in [-0.05, 0) is 13.0 Å². The van der Waals surface area contributed by atoms with Gasteiger partial charge in [-0.2, -0.15) is 0 Å². The fraction of sp³-hybridized carbons (Fsp3) is 1.00. The predicted molar refractivity (Wildman–Crippen MR) is 52.6 cm³/mol. The molecule has 13 heavy (non-hydrogen) atoms. The Morgan fingerprint density at radius 2 is 1.77 bits per heavy atom. The highest BCUT2D eigenvalue weighted by Gasteiger charge is 2.50. The van der Waals surface area contributed by atoms with Gasteiger partial charge in [0.2, 0.25) is 0 Å². The van der Waals surface area contributed by atoms with Crippen LogP contribution in [-0.4, -0.2) is 19.0 Å². The van der Waals surface area contributed by atoms with Crippen LogP contribution in [0.25, 0.3) is 0 Å². The van der Waals surface area contributed by atoms with Gasteiger partial charge in [-0.15, -0.1) is 12.4 Å². The van der Waals surface area contributed by atoms with E-state index in [1.54, 1.807) is 20.8 Å². The lowest BCUT2D eigenvalue weighted by Crippen LogP contribution is -2.42. The lowest BCUT2D eigenvalue weighted by Gasteiger charge is -2.34. The summed E-state index contributed by atoms with van der Waals surface area (Å²) in [5.74, 6) is -3.02. The van der Waals surface area contributed by atoms with Gasteiger partial charge in [0.1, 0.15) is 0 Å². The van der Waals surface area contributed by atoms with Crippen LogP contribution in [-0.2, 0) is 0 Å². The van der Waals surface area contributed by atoms with Crippen molar-refractivity contribution in [3.63, 3.8) is 0 Å². The zero-order valence-corrected chi connectivity index (χ0v) is 9.18. The molecule has 1 atom stereocenters. The number of rotatable bonds is 1. The number of halogens is 3. The van der Waals surface area contributed by atoms with Gasteiger partial charge < -0.3 is 5.32 Å². The summed E-state index contributed by atoms with van der Waals surface area (Å²) in [7, 11) is 0. The van der Waals surface area contributed by atoms with Crippen molar-refractivity contribution < 1.29 is 8.78 Å². The number of hydrogen-bond acceptors (Lipinski definition) is 1. The number of alkyl halides is 2. The number of hydrogen-bond donors (Lipinski definition) is 1. The Hall–Kier alpha value is 0.110. The van der Waals surface area contributed by atoms with Crippen molar-refractivity contribution in [2.45, 2.75) is 33.1 Å². The van der Waals surface area contributed by atoms with E-state index in [0.717, 1.165) is 6.54 Å². The molecular weight excluding hydrogens is 196 g/mol. The fourth-order valence-corrected chi connectivity index (χ4v) is 1.58. The van der Waals surface area contributed by atoms with Crippen molar-refractivity contribution in [1.29, 1.82) is 0 Å². The molecule has 0 amide bonds. The first-order valence-corrected chi connectivity index (χ1v) is 4.44. The Bertz CT molecular complexity index is 159. The predicted octanol–water partition coefficient (Wildman–Crippen LogP) is 2.70. The van der Waals surface area contributed by atoms with Crippen molar-refractivity contribution in [2.75, 3.05) is 13.1 Å². The van der Waals surface area contributed by atoms with Gasteiger partial charge in [0.05, 0.1) is 0 Å². The smallest absolute Gasteiger partial charge is 0.256 e. The van der Waals surface area contributed by atoms with Gasteiger partial charge in [-0.1, -0.05) is 20.8 Å². The molecule has 0 saturated carbocycles. The van der Waals surface area contributed by atoms with Crippen molar-refractivity contribution in [2.24, 2.45) is 11.3 Å². The van der Waals surface area contributed by atoms with Crippen LogP contribution in [0.15, 0.2) is 0 Å². The minimum atomic E-state index is -2.55. The third-order valence-corrected chi connectivity index (χ3v) is 2.57. The number of nitrogens with one attached hydrogen (secondary N) is 1. The van der Waals surface area contributed by atoms with Crippen molar-refractivity contribution in [3.8, 4) is 0 Å². The van der Waals surface area contributed by atoms with Crippen LogP contribution in [0.2, 0.25) is 0 Å². The molecule has 1 aliphatic heterocycles. The van der Waals surface area contributed by atoms with Crippen LogP contribution < -0.4 is 5.32 Å². The second kappa shape index (κ2) is 4.09. The SMILES string of the molecule is CC(C)(C)C(F)(F)C1CCNC1.Cl. The highest BCUT2D eigenvalue weighted by atomic mass is 35.5. The fourth-order valence-electron chi connectivity index (χ4n) is 1.58. The van der Waals surface area contributed by atoms with Gasteiger partial charge in [0.15, 0.2) is 0 Å². The van der Waals surface area contributed by atoms with Crippen LogP contribution in [0.3, 0.4) is 0 Å². The molecule has 1 nitrogen and oxygen atoms in total. The van der Waals surface area contributed by atoms with Crippen LogP contribution in [0, 0.1) is 11.3 Å². The van der Waals surface area contributed by atoms with E-state index < -0.39 is 17.3 Å². The Morgan fingerprint density at radius 1 is 1.23 bits per heavy atom. The maximum absolute atomic E-state index is 13.6. The summed E-state index contributed by atoms with van der Waals surface area (Å²) in [6, 6.07) is 0. The molecule has 1 rings (SSSR count). The molecule has 1 N–H and O–H groups in total. The standard InChI is InChI=1S/C9H17F2N.ClH/c1-8(2,3)9(10,11)7-4-5-12-6-7;/h7,12H,4-6H2,1-3H3;1H. The average molecular weight is 214 g/mol. The summed E-state index contributed by atoms with van der Waals surface area (Å²) in [4.78, 5) is 0. The van der Waals surface area contributed by atoms with E-state index in [1.165, 1.54) is 0 Å². The summed E-state index contributed by atoms with van der Waals surface area (Å²) in [5.41, 5.74) is -0.913. The summed E-state index contributed by atoms with van der Waals surface area (Å²) in [6.07, 6.45) is 0.601. The molecule has 4 heteroatoms. The molecule has 1 aliphatic rings. The maximum Gasteiger partial charge on any atom is 0.256 e. The molecule has 1 fully saturated rings. The zero-order chi connectivity index (χ0) is 9.41. The van der Waals surface area contributed by atoms with E-state index in [1.807, 2.05) is 0 Å². The van der Waals surface area contributed by atoms with E-state index in [-0.39, 0.29) is 12.4 Å². The largest absolute Gasteiger partial charge is 0.316 e. The molecule has 1 unspecified atom stereocenters. The lowest BCUT2D eigenvalue weighted by atomic mass is 9.80. The van der Waals surface area contributed by atoms with Crippen LogP contribution >= 0.6 is 12.4 Å². The quantitative estimate of drug-likeness (QED) is 0.706. The second-order valence-electron chi connectivity index (χ2n) is 4.56. The molecule has 0 radical (unpaired) electrons. The zero-order valence-electron chi connectivity index (χ0n) is 8.36. The highest BCUT2D eigenvalue weighted by Crippen LogP contribution is 2.43. The monoisotopic (exact) mass is 213 g/mol. The van der Waals surface area contributed by atoms with E-state index in [0.29, 0.717) is 13.0 Å². The van der Waals surface area contributed by atoms with Gasteiger partial charge >= 0.3 is 0 Å². The molecule has 0 spiro atoms. The van der Waals surface area contributed by atoms with E-state index in [4.69, 9.17) is 0 Å². The van der Waals surface area contributed by atoms with Crippen molar-refractivity contribution in [3.05, 3.63) is 0 Å². The average Bonchev–Trinajstić information content (AvgIpc) is 2.34. The molecular formula is C9H18ClF2N. The van der Waals surface area contributed by atoms with Gasteiger partial charge in [0, 0.05) is 17.9 Å². The molecule has 0 aromatic heterocycles. The molecule has 1 saturated heterocycles. The maximum atomic E-state index is 13.6. The first-order chi connectivity index (χ1) is 5.36. The highest BCUT2D eigenvalue weighted by molar-refractivity contribution is 5.85. The van der Waals surface area contributed by atoms with Crippen LogP contribution in [0.1, 0.15) is 27.2 Å². The molecule has 0 bridgehead atoms. The summed E-state index contributed by atoms with van der Waals surface area (Å²) in [5, 5.41) is 2.97. The Labute approximate surface area is 84.7 Å². The van der Waals surface area contributed by atoms with Crippen LogP contribution in [0.4, 0.5) is 8.78 Å². The van der Waals surface area contributed by atoms with Crippen LogP contribution in [0.5, 0.6) is 0 Å². The van der Waals surface area contributed by atoms with Gasteiger partial charge in [0.25, 0.3) is 5.92 Å². The first kappa shape index (κ1) is 13.1. The van der Waals surface area contributed by atoms with Crippen molar-refractivity contribution in [1.82, 2.24) is 5.32 Å². The normalized spacial score (nSPS) is 24.2. The summed E-state index contributed by atoms with van der Waals surface area (Å²) < 4.78 is 27.2. The third kappa shape index (κ3) is 2.53. The van der Waals surface area contributed by atoms with Gasteiger partial charge in [-0.3, -0.25) is 0 Å². The van der Waals surface area contributed by atoms with E-state index in [9.17, 15) is 8.78 Å². The minimum Gasteiger partial charge on any atom is -0.316 e. The summed E-state index contributed by atoms with van der Waals surface area (Å²) >= 11 is 0. The molecule has 0 aromatic carbocycles. The van der Waals surface area contributed by atoms with E-state index >= 15 is 0 Å². The Kier molecular flexibility index (Phi) is 4.13. The third-order valence-electron chi connectivity index (χ3n) is 2.57. The first-order valence-electron chi connectivity index (χ1n) is 4.44. The topological polar surface area (TPSA) is 12.0 Å². The van der Waals surface area contributed by atoms with Gasteiger partial charge in [-0.25, -0.2) is 8.78 Å². The molecule has 0 aromatic rings. The minimum absolute atomic E-state index is 0. The van der Waals surface area contributed by atoms with E-state index in [2.05, 4.69) is 5.32 Å².